The number of rotatable bonds is 6. The van der Waals surface area contributed by atoms with Crippen LogP contribution < -0.4 is 5.56 Å². The number of thiophene rings is 1. The number of thioether (sulfide) groups is 1. The van der Waals surface area contributed by atoms with Crippen molar-refractivity contribution in [1.82, 2.24) is 19.2 Å². The molecule has 1 atom stereocenters. The first-order chi connectivity index (χ1) is 17.1. The molecule has 0 spiro atoms. The molecule has 35 heavy (non-hydrogen) atoms. The van der Waals surface area contributed by atoms with Crippen molar-refractivity contribution in [1.29, 1.82) is 0 Å². The Kier molecular flexibility index (Phi) is 5.96. The van der Waals surface area contributed by atoms with E-state index in [0.29, 0.717) is 24.8 Å². The van der Waals surface area contributed by atoms with E-state index in [9.17, 15) is 4.79 Å². The highest BCUT2D eigenvalue weighted by atomic mass is 32.2. The SMILES string of the molecule is CC(C)C1Cc2c(sc3c2c(=O)n(Cc2ccccc2)c2nnc(SCc4ccccc4)n32)CO1. The summed E-state index contributed by atoms with van der Waals surface area (Å²) in [6.07, 6.45) is 0.874. The van der Waals surface area contributed by atoms with Crippen molar-refractivity contribution in [2.24, 2.45) is 5.92 Å². The van der Waals surface area contributed by atoms with Crippen LogP contribution in [-0.4, -0.2) is 25.3 Å². The van der Waals surface area contributed by atoms with Crippen LogP contribution in [0, 0.1) is 5.92 Å². The third-order valence-corrected chi connectivity index (χ3v) is 8.75. The average Bonchev–Trinajstić information content (AvgIpc) is 3.47. The second-order valence-electron chi connectivity index (χ2n) is 9.25. The van der Waals surface area contributed by atoms with Crippen LogP contribution in [0.1, 0.15) is 35.4 Å². The quantitative estimate of drug-likeness (QED) is 0.285. The van der Waals surface area contributed by atoms with Crippen molar-refractivity contribution in [3.8, 4) is 0 Å². The molecule has 5 aromatic rings. The zero-order chi connectivity index (χ0) is 23.9. The van der Waals surface area contributed by atoms with Crippen molar-refractivity contribution >= 4 is 39.1 Å². The number of benzene rings is 2. The fourth-order valence-corrected chi connectivity index (χ4v) is 6.83. The van der Waals surface area contributed by atoms with Gasteiger partial charge in [-0.05, 0) is 22.6 Å². The number of hydrogen-bond donors (Lipinski definition) is 0. The largest absolute Gasteiger partial charge is 0.372 e. The van der Waals surface area contributed by atoms with Gasteiger partial charge in [0, 0.05) is 17.1 Å². The van der Waals surface area contributed by atoms with Crippen LogP contribution in [0.2, 0.25) is 0 Å². The van der Waals surface area contributed by atoms with Crippen molar-refractivity contribution in [3.63, 3.8) is 0 Å². The Bertz CT molecular complexity index is 1550. The van der Waals surface area contributed by atoms with Gasteiger partial charge in [0.05, 0.1) is 24.6 Å². The molecule has 0 bridgehead atoms. The second kappa shape index (κ2) is 9.26. The summed E-state index contributed by atoms with van der Waals surface area (Å²) in [5, 5.41) is 10.7. The molecule has 1 unspecified atom stereocenters. The summed E-state index contributed by atoms with van der Waals surface area (Å²) in [5.41, 5.74) is 3.42. The zero-order valence-electron chi connectivity index (χ0n) is 19.7. The molecule has 178 valence electrons. The van der Waals surface area contributed by atoms with E-state index >= 15 is 0 Å². The molecule has 6 nitrogen and oxygen atoms in total. The van der Waals surface area contributed by atoms with Crippen molar-refractivity contribution in [2.45, 2.75) is 50.4 Å². The molecule has 6 rings (SSSR count). The molecular formula is C27H26N4O2S2. The molecule has 0 amide bonds. The Morgan fingerprint density at radius 3 is 2.49 bits per heavy atom. The van der Waals surface area contributed by atoms with Gasteiger partial charge in [0.1, 0.15) is 4.83 Å². The predicted molar refractivity (Wildman–Crippen MR) is 141 cm³/mol. The summed E-state index contributed by atoms with van der Waals surface area (Å²) >= 11 is 3.29. The normalized spacial score (nSPS) is 15.8. The van der Waals surface area contributed by atoms with E-state index in [0.717, 1.165) is 43.6 Å². The fraction of sp³-hybridized carbons (Fsp3) is 0.296. The summed E-state index contributed by atoms with van der Waals surface area (Å²) in [4.78, 5) is 16.0. The van der Waals surface area contributed by atoms with E-state index in [1.807, 2.05) is 48.5 Å². The summed E-state index contributed by atoms with van der Waals surface area (Å²) in [5.74, 6) is 1.76. The molecule has 0 radical (unpaired) electrons. The topological polar surface area (TPSA) is 61.4 Å². The minimum atomic E-state index is 0.00488. The van der Waals surface area contributed by atoms with Crippen LogP contribution in [0.25, 0.3) is 16.0 Å². The summed E-state index contributed by atoms with van der Waals surface area (Å²) in [6.45, 7) is 5.35. The smallest absolute Gasteiger partial charge is 0.264 e. The fourth-order valence-electron chi connectivity index (χ4n) is 4.64. The van der Waals surface area contributed by atoms with Crippen LogP contribution in [0.5, 0.6) is 0 Å². The Hall–Kier alpha value is -2.94. The van der Waals surface area contributed by atoms with Gasteiger partial charge in [-0.2, -0.15) is 0 Å². The van der Waals surface area contributed by atoms with E-state index in [4.69, 9.17) is 4.74 Å². The van der Waals surface area contributed by atoms with Gasteiger partial charge in [-0.1, -0.05) is 86.3 Å². The van der Waals surface area contributed by atoms with Crippen LogP contribution in [-0.2, 0) is 30.1 Å². The maximum Gasteiger partial charge on any atom is 0.264 e. The van der Waals surface area contributed by atoms with E-state index in [-0.39, 0.29) is 11.7 Å². The van der Waals surface area contributed by atoms with E-state index in [1.165, 1.54) is 5.56 Å². The van der Waals surface area contributed by atoms with Gasteiger partial charge in [0.15, 0.2) is 5.16 Å². The van der Waals surface area contributed by atoms with E-state index in [1.54, 1.807) is 27.7 Å². The second-order valence-corrected chi connectivity index (χ2v) is 11.3. The molecule has 0 fully saturated rings. The predicted octanol–water partition coefficient (Wildman–Crippen LogP) is 5.54. The van der Waals surface area contributed by atoms with Gasteiger partial charge >= 0.3 is 0 Å². The first-order valence-corrected chi connectivity index (χ1v) is 13.6. The van der Waals surface area contributed by atoms with Gasteiger partial charge in [0.2, 0.25) is 5.78 Å². The molecule has 2 aromatic carbocycles. The van der Waals surface area contributed by atoms with Crippen LogP contribution in [0.3, 0.4) is 0 Å². The first-order valence-electron chi connectivity index (χ1n) is 11.8. The third-order valence-electron chi connectivity index (χ3n) is 6.56. The summed E-state index contributed by atoms with van der Waals surface area (Å²) < 4.78 is 10.0. The number of hydrogen-bond acceptors (Lipinski definition) is 6. The maximum atomic E-state index is 14.0. The first kappa shape index (κ1) is 22.5. The number of ether oxygens (including phenoxy) is 1. The third kappa shape index (κ3) is 4.09. The summed E-state index contributed by atoms with van der Waals surface area (Å²) in [6, 6.07) is 20.4. The lowest BCUT2D eigenvalue weighted by Crippen LogP contribution is -2.28. The van der Waals surface area contributed by atoms with Crippen molar-refractivity contribution in [2.75, 3.05) is 0 Å². The molecule has 1 aliphatic heterocycles. The number of fused-ring (bicyclic) bond motifs is 5. The molecule has 8 heteroatoms. The molecule has 0 N–H and O–H groups in total. The summed E-state index contributed by atoms with van der Waals surface area (Å²) in [7, 11) is 0. The highest BCUT2D eigenvalue weighted by Gasteiger charge is 2.29. The van der Waals surface area contributed by atoms with Crippen LogP contribution in [0.15, 0.2) is 70.6 Å². The molecule has 4 heterocycles. The molecule has 3 aromatic heterocycles. The zero-order valence-corrected chi connectivity index (χ0v) is 21.3. The molecular weight excluding hydrogens is 476 g/mol. The minimum absolute atomic E-state index is 0.00488. The van der Waals surface area contributed by atoms with Gasteiger partial charge in [-0.25, -0.2) is 4.40 Å². The number of nitrogens with zero attached hydrogens (tertiary/aromatic N) is 4. The van der Waals surface area contributed by atoms with Gasteiger partial charge < -0.3 is 4.74 Å². The van der Waals surface area contributed by atoms with Crippen molar-refractivity contribution in [3.05, 3.63) is 92.6 Å². The molecule has 1 aliphatic rings. The Morgan fingerprint density at radius 2 is 1.77 bits per heavy atom. The Balaban J connectivity index is 1.54. The highest BCUT2D eigenvalue weighted by Crippen LogP contribution is 2.37. The maximum absolute atomic E-state index is 14.0. The number of aromatic nitrogens is 4. The van der Waals surface area contributed by atoms with Gasteiger partial charge in [0.25, 0.3) is 5.56 Å². The highest BCUT2D eigenvalue weighted by molar-refractivity contribution is 7.98. The monoisotopic (exact) mass is 502 g/mol. The standard InChI is InChI=1S/C27H26N4O2S2/c1-17(2)21-13-20-22(15-33-21)35-25-23(20)24(32)30(14-18-9-5-3-6-10-18)26-28-29-27(31(25)26)34-16-19-11-7-4-8-12-19/h3-12,17,21H,13-16H2,1-2H3. The van der Waals surface area contributed by atoms with E-state index in [2.05, 4.69) is 40.6 Å². The van der Waals surface area contributed by atoms with Gasteiger partial charge in [-0.3, -0.25) is 9.36 Å². The molecule has 0 saturated carbocycles. The average molecular weight is 503 g/mol. The van der Waals surface area contributed by atoms with Crippen LogP contribution in [0.4, 0.5) is 0 Å². The molecule has 0 aliphatic carbocycles. The van der Waals surface area contributed by atoms with Gasteiger partial charge in [-0.15, -0.1) is 21.5 Å². The van der Waals surface area contributed by atoms with Crippen molar-refractivity contribution < 1.29 is 4.74 Å². The molecule has 0 saturated heterocycles. The lowest BCUT2D eigenvalue weighted by molar-refractivity contribution is 0.00200. The van der Waals surface area contributed by atoms with Crippen LogP contribution >= 0.6 is 23.1 Å². The Morgan fingerprint density at radius 1 is 1.06 bits per heavy atom. The minimum Gasteiger partial charge on any atom is -0.372 e. The lowest BCUT2D eigenvalue weighted by Gasteiger charge is -2.26. The van der Waals surface area contributed by atoms with E-state index < -0.39 is 0 Å². The lowest BCUT2D eigenvalue weighted by atomic mass is 9.96. The Labute approximate surface area is 211 Å².